The molecular formula is C23H30N4O3S. The fourth-order valence-electron chi connectivity index (χ4n) is 4.80. The number of piperidine rings is 3. The number of benzene rings is 1. The molecule has 3 aliphatic heterocycles. The van der Waals surface area contributed by atoms with Gasteiger partial charge in [0, 0.05) is 24.4 Å². The van der Waals surface area contributed by atoms with Crippen molar-refractivity contribution < 1.29 is 14.7 Å². The molecular weight excluding hydrogens is 412 g/mol. The lowest BCUT2D eigenvalue weighted by molar-refractivity contribution is -0.122. The number of thiocarbonyl (C=S) groups is 1. The van der Waals surface area contributed by atoms with Crippen LogP contribution in [0.2, 0.25) is 0 Å². The second kappa shape index (κ2) is 9.87. The molecule has 2 bridgehead atoms. The van der Waals surface area contributed by atoms with Gasteiger partial charge in [-0.1, -0.05) is 31.1 Å². The Labute approximate surface area is 187 Å². The van der Waals surface area contributed by atoms with E-state index < -0.39 is 0 Å². The first kappa shape index (κ1) is 21.9. The molecule has 1 aromatic heterocycles. The molecule has 0 radical (unpaired) electrons. The molecule has 0 spiro atoms. The molecule has 4 aliphatic rings. The minimum absolute atomic E-state index is 0.0570. The minimum atomic E-state index is -0.250. The third-order valence-corrected chi connectivity index (χ3v) is 7.09. The van der Waals surface area contributed by atoms with E-state index in [9.17, 15) is 4.79 Å². The Morgan fingerprint density at radius 1 is 1.29 bits per heavy atom. The van der Waals surface area contributed by atoms with Gasteiger partial charge >= 0.3 is 0 Å². The largest absolute Gasteiger partial charge is 0.483 e. The number of nitrogens with zero attached hydrogens (tertiary/aromatic N) is 2. The Hall–Kier alpha value is -2.32. The van der Waals surface area contributed by atoms with Gasteiger partial charge in [-0.2, -0.15) is 5.10 Å². The molecule has 4 fully saturated rings. The molecule has 1 atom stereocenters. The summed E-state index contributed by atoms with van der Waals surface area (Å²) in [5, 5.41) is 18.4. The molecule has 8 heteroatoms. The number of aromatic nitrogens is 2. The monoisotopic (exact) mass is 442 g/mol. The van der Waals surface area contributed by atoms with Crippen molar-refractivity contribution in [3.8, 4) is 0 Å². The van der Waals surface area contributed by atoms with E-state index in [0.29, 0.717) is 11.6 Å². The molecule has 3 saturated heterocycles. The molecule has 0 unspecified atom stereocenters. The quantitative estimate of drug-likeness (QED) is 0.450. The highest BCUT2D eigenvalue weighted by Crippen LogP contribution is 2.34. The van der Waals surface area contributed by atoms with Crippen LogP contribution in [0.3, 0.4) is 0 Å². The smallest absolute Gasteiger partial charge is 0.290 e. The molecule has 6 rings (SSSR count). The summed E-state index contributed by atoms with van der Waals surface area (Å²) in [4.78, 5) is 24.9. The van der Waals surface area contributed by atoms with E-state index in [2.05, 4.69) is 32.5 Å². The van der Waals surface area contributed by atoms with Crippen molar-refractivity contribution in [2.24, 2.45) is 11.8 Å². The number of nitrogens with one attached hydrogen (secondary N) is 2. The first-order valence-corrected chi connectivity index (χ1v) is 11.6. The van der Waals surface area contributed by atoms with Gasteiger partial charge in [0.1, 0.15) is 0 Å². The van der Waals surface area contributed by atoms with Crippen LogP contribution in [-0.4, -0.2) is 63.1 Å². The average molecular weight is 443 g/mol. The lowest BCUT2D eigenvalue weighted by Gasteiger charge is -2.44. The maximum atomic E-state index is 12.9. The molecule has 31 heavy (non-hydrogen) atoms. The SMILES string of the molecule is O=C(N[C@H]1CN2CCC1CC2)c1n[nH]c2ccc(CC(=S)CCC3CC3)cc12.O=CO. The number of rotatable bonds is 7. The number of amides is 1. The number of carbonyl (C=O) groups is 2. The summed E-state index contributed by atoms with van der Waals surface area (Å²) in [6, 6.07) is 6.46. The van der Waals surface area contributed by atoms with Gasteiger partial charge in [0.15, 0.2) is 5.69 Å². The van der Waals surface area contributed by atoms with E-state index in [1.807, 2.05) is 6.07 Å². The third kappa shape index (κ3) is 5.49. The summed E-state index contributed by atoms with van der Waals surface area (Å²) in [7, 11) is 0. The van der Waals surface area contributed by atoms with E-state index in [0.717, 1.165) is 41.1 Å². The van der Waals surface area contributed by atoms with Crippen LogP contribution in [0, 0.1) is 11.8 Å². The van der Waals surface area contributed by atoms with Crippen molar-refractivity contribution >= 4 is 40.4 Å². The predicted octanol–water partition coefficient (Wildman–Crippen LogP) is 3.19. The van der Waals surface area contributed by atoms with Gasteiger partial charge in [-0.25, -0.2) is 0 Å². The number of aromatic amines is 1. The van der Waals surface area contributed by atoms with Crippen molar-refractivity contribution in [1.29, 1.82) is 0 Å². The highest BCUT2D eigenvalue weighted by atomic mass is 32.1. The van der Waals surface area contributed by atoms with Crippen molar-refractivity contribution in [2.45, 2.75) is 51.0 Å². The minimum Gasteiger partial charge on any atom is -0.483 e. The molecule has 1 aromatic carbocycles. The van der Waals surface area contributed by atoms with Crippen molar-refractivity contribution in [1.82, 2.24) is 20.4 Å². The molecule has 1 amide bonds. The molecule has 1 aliphatic carbocycles. The van der Waals surface area contributed by atoms with Crippen molar-refractivity contribution in [3.63, 3.8) is 0 Å². The fourth-order valence-corrected chi connectivity index (χ4v) is 5.08. The number of H-pyrrole nitrogens is 1. The summed E-state index contributed by atoms with van der Waals surface area (Å²) in [5.41, 5.74) is 2.59. The van der Waals surface area contributed by atoms with Gasteiger partial charge in [0.05, 0.1) is 5.52 Å². The zero-order valence-corrected chi connectivity index (χ0v) is 18.5. The van der Waals surface area contributed by atoms with Crippen LogP contribution < -0.4 is 5.32 Å². The van der Waals surface area contributed by atoms with Crippen molar-refractivity contribution in [2.75, 3.05) is 19.6 Å². The Bertz CT molecular complexity index is 947. The van der Waals surface area contributed by atoms with Crippen LogP contribution in [0.4, 0.5) is 0 Å². The fraction of sp³-hybridized carbons (Fsp3) is 0.565. The third-order valence-electron chi connectivity index (χ3n) is 6.74. The standard InChI is InChI=1S/C22H28N4OS.CH2O2/c27-22(23-20-13-26-9-7-16(20)8-10-26)21-18-12-15(4-6-19(18)24-25-21)11-17(28)5-3-14-1-2-14;2-1-3/h4,6,12,14,16,20H,1-3,5,7-11,13H2,(H,23,27)(H,24,25);1H,(H,2,3)/t20-;/m0./s1. The van der Waals surface area contributed by atoms with Crippen LogP contribution in [-0.2, 0) is 11.2 Å². The lowest BCUT2D eigenvalue weighted by Crippen LogP contribution is -2.57. The van der Waals surface area contributed by atoms with Crippen LogP contribution in [0.25, 0.3) is 10.9 Å². The lowest BCUT2D eigenvalue weighted by atomic mass is 9.84. The van der Waals surface area contributed by atoms with Crippen LogP contribution in [0.1, 0.15) is 54.6 Å². The average Bonchev–Trinajstić information content (AvgIpc) is 3.51. The molecule has 4 heterocycles. The summed E-state index contributed by atoms with van der Waals surface area (Å²) >= 11 is 5.60. The summed E-state index contributed by atoms with van der Waals surface area (Å²) in [5.74, 6) is 1.47. The van der Waals surface area contributed by atoms with Gasteiger partial charge in [0.2, 0.25) is 0 Å². The first-order valence-electron chi connectivity index (χ1n) is 11.2. The Morgan fingerprint density at radius 3 is 2.68 bits per heavy atom. The van der Waals surface area contributed by atoms with Crippen LogP contribution >= 0.6 is 12.2 Å². The zero-order valence-electron chi connectivity index (χ0n) is 17.7. The molecule has 166 valence electrons. The normalized spacial score (nSPS) is 24.3. The van der Waals surface area contributed by atoms with Gasteiger partial charge in [-0.15, -0.1) is 0 Å². The predicted molar refractivity (Wildman–Crippen MR) is 123 cm³/mol. The maximum absolute atomic E-state index is 12.9. The second-order valence-corrected chi connectivity index (χ2v) is 9.55. The number of carbonyl (C=O) groups excluding carboxylic acids is 1. The molecule has 7 nitrogen and oxygen atoms in total. The second-order valence-electron chi connectivity index (χ2n) is 8.97. The Balaban J connectivity index is 0.000000730. The van der Waals surface area contributed by atoms with Crippen LogP contribution in [0.5, 0.6) is 0 Å². The summed E-state index contributed by atoms with van der Waals surface area (Å²) in [6.07, 6.45) is 8.22. The van der Waals surface area contributed by atoms with Crippen molar-refractivity contribution in [3.05, 3.63) is 29.5 Å². The number of hydrogen-bond donors (Lipinski definition) is 3. The highest BCUT2D eigenvalue weighted by molar-refractivity contribution is 7.80. The Kier molecular flexibility index (Phi) is 6.97. The zero-order chi connectivity index (χ0) is 21.8. The molecule has 3 N–H and O–H groups in total. The van der Waals surface area contributed by atoms with E-state index in [4.69, 9.17) is 22.1 Å². The number of hydrogen-bond acceptors (Lipinski definition) is 5. The van der Waals surface area contributed by atoms with Crippen LogP contribution in [0.15, 0.2) is 18.2 Å². The number of fused-ring (bicyclic) bond motifs is 4. The highest BCUT2D eigenvalue weighted by Gasteiger charge is 2.35. The first-order chi connectivity index (χ1) is 15.1. The molecule has 1 saturated carbocycles. The van der Waals surface area contributed by atoms with Gasteiger partial charge in [-0.05, 0) is 73.2 Å². The van der Waals surface area contributed by atoms with E-state index in [1.54, 1.807) is 0 Å². The van der Waals surface area contributed by atoms with E-state index >= 15 is 0 Å². The van der Waals surface area contributed by atoms with E-state index in [-0.39, 0.29) is 18.4 Å². The van der Waals surface area contributed by atoms with Gasteiger partial charge in [0.25, 0.3) is 12.4 Å². The maximum Gasteiger partial charge on any atom is 0.290 e. The number of carboxylic acid groups (broad SMARTS) is 1. The van der Waals surface area contributed by atoms with Gasteiger partial charge < -0.3 is 15.3 Å². The van der Waals surface area contributed by atoms with E-state index in [1.165, 1.54) is 50.8 Å². The topological polar surface area (TPSA) is 98.3 Å². The summed E-state index contributed by atoms with van der Waals surface area (Å²) < 4.78 is 0. The van der Waals surface area contributed by atoms with Gasteiger partial charge in [-0.3, -0.25) is 14.7 Å². The molecule has 2 aromatic rings. The summed E-state index contributed by atoms with van der Waals surface area (Å²) in [6.45, 7) is 3.07. The Morgan fingerprint density at radius 2 is 2.03 bits per heavy atom.